The summed E-state index contributed by atoms with van der Waals surface area (Å²) < 4.78 is 0. The van der Waals surface area contributed by atoms with Crippen LogP contribution in [0, 0.1) is 0 Å². The van der Waals surface area contributed by atoms with Crippen LogP contribution in [0.4, 0.5) is 5.69 Å². The molecule has 0 amide bonds. The van der Waals surface area contributed by atoms with Crippen molar-refractivity contribution in [3.05, 3.63) is 208 Å². The third-order valence-corrected chi connectivity index (χ3v) is 12.3. The van der Waals surface area contributed by atoms with Crippen LogP contribution in [-0.4, -0.2) is 23.0 Å². The maximum atomic E-state index is 15.4. The number of Topliss-reactive ketones (excluding diaryl/α,β-unsaturated/α-hetero) is 1. The lowest BCUT2D eigenvalue weighted by molar-refractivity contribution is 0.0947. The molecule has 6 aromatic carbocycles. The summed E-state index contributed by atoms with van der Waals surface area (Å²) in [5, 5.41) is -0.102. The fourth-order valence-electron chi connectivity index (χ4n) is 9.25. The van der Waals surface area contributed by atoms with Crippen LogP contribution in [0.5, 0.6) is 0 Å². The van der Waals surface area contributed by atoms with Gasteiger partial charge < -0.3 is 4.90 Å². The second kappa shape index (κ2) is 10.0. The molecule has 4 aliphatic rings. The molecule has 48 heavy (non-hydrogen) atoms. The summed E-state index contributed by atoms with van der Waals surface area (Å²) in [6.45, 7) is 0. The zero-order valence-electron chi connectivity index (χ0n) is 25.9. The highest BCUT2D eigenvalue weighted by molar-refractivity contribution is 8.00. The van der Waals surface area contributed by atoms with Gasteiger partial charge in [0.15, 0.2) is 11.6 Å². The number of piperidine rings is 1. The first-order chi connectivity index (χ1) is 23.7. The number of anilines is 1. The number of hydrogen-bond acceptors (Lipinski definition) is 4. The smallest absolute Gasteiger partial charge is 0.194 e. The molecule has 2 fully saturated rings. The lowest BCUT2D eigenvalue weighted by Gasteiger charge is -2.35. The number of fused-ring (bicyclic) bond motifs is 7. The largest absolute Gasteiger partial charge is 0.345 e. The van der Waals surface area contributed by atoms with Crippen LogP contribution in [0.25, 0.3) is 5.57 Å². The maximum Gasteiger partial charge on any atom is 0.194 e. The van der Waals surface area contributed by atoms with Gasteiger partial charge in [-0.15, -0.1) is 0 Å². The van der Waals surface area contributed by atoms with Crippen molar-refractivity contribution in [3.63, 3.8) is 0 Å². The van der Waals surface area contributed by atoms with Crippen LogP contribution < -0.4 is 4.90 Å². The van der Waals surface area contributed by atoms with Crippen molar-refractivity contribution < 1.29 is 9.59 Å². The minimum Gasteiger partial charge on any atom is -0.345 e. The van der Waals surface area contributed by atoms with Crippen LogP contribution in [0.1, 0.15) is 48.5 Å². The fourth-order valence-corrected chi connectivity index (χ4v) is 10.9. The number of carbonyl (C=O) groups excluding carboxylic acids is 2. The first-order valence-corrected chi connectivity index (χ1v) is 17.3. The number of nitrogens with zero attached hydrogens (tertiary/aromatic N) is 1. The normalized spacial score (nSPS) is 24.3. The number of thioether (sulfide) groups is 1. The molecular formula is C44H29NO2S. The van der Waals surface area contributed by atoms with Crippen LogP contribution in [-0.2, 0) is 10.8 Å². The highest BCUT2D eigenvalue weighted by Gasteiger charge is 2.88. The Bertz CT molecular complexity index is 2280. The summed E-state index contributed by atoms with van der Waals surface area (Å²) in [6.07, 6.45) is 0. The molecule has 4 atom stereocenters. The predicted molar refractivity (Wildman–Crippen MR) is 192 cm³/mol. The molecule has 0 unspecified atom stereocenters. The molecule has 1 saturated heterocycles. The second-order valence-electron chi connectivity index (χ2n) is 13.0. The Kier molecular flexibility index (Phi) is 5.77. The molecular weight excluding hydrogens is 607 g/mol. The van der Waals surface area contributed by atoms with Crippen molar-refractivity contribution in [2.75, 3.05) is 4.90 Å². The van der Waals surface area contributed by atoms with Crippen molar-refractivity contribution >= 4 is 34.6 Å². The number of para-hydroxylation sites is 1. The van der Waals surface area contributed by atoms with Crippen molar-refractivity contribution in [3.8, 4) is 0 Å². The molecule has 2 heterocycles. The van der Waals surface area contributed by atoms with E-state index in [4.69, 9.17) is 0 Å². The van der Waals surface area contributed by atoms with E-state index < -0.39 is 16.9 Å². The minimum atomic E-state index is -0.732. The minimum absolute atomic E-state index is 0.0417. The maximum absolute atomic E-state index is 15.4. The van der Waals surface area contributed by atoms with Crippen molar-refractivity contribution in [1.82, 2.24) is 0 Å². The van der Waals surface area contributed by atoms with Gasteiger partial charge in [0.1, 0.15) is 6.04 Å². The second-order valence-corrected chi connectivity index (χ2v) is 14.1. The Labute approximate surface area is 283 Å². The lowest BCUT2D eigenvalue weighted by atomic mass is 9.76. The Morgan fingerprint density at radius 1 is 0.542 bits per heavy atom. The van der Waals surface area contributed by atoms with E-state index in [2.05, 4.69) is 102 Å². The number of benzene rings is 6. The van der Waals surface area contributed by atoms with Gasteiger partial charge in [0.05, 0.1) is 21.9 Å². The van der Waals surface area contributed by atoms with E-state index in [-0.39, 0.29) is 16.9 Å². The van der Waals surface area contributed by atoms with Gasteiger partial charge in [0, 0.05) is 21.6 Å². The Balaban J connectivity index is 1.41. The average molecular weight is 636 g/mol. The Morgan fingerprint density at radius 3 is 1.62 bits per heavy atom. The Hall–Kier alpha value is -5.45. The quantitative estimate of drug-likeness (QED) is 0.181. The summed E-state index contributed by atoms with van der Waals surface area (Å²) in [4.78, 5) is 33.1. The van der Waals surface area contributed by atoms with E-state index in [1.807, 2.05) is 78.5 Å². The van der Waals surface area contributed by atoms with Gasteiger partial charge in [-0.05, 0) is 45.5 Å². The third-order valence-electron chi connectivity index (χ3n) is 10.9. The number of rotatable bonds is 4. The van der Waals surface area contributed by atoms with Gasteiger partial charge in [-0.1, -0.05) is 163 Å². The standard InChI is InChI=1S/C44H29NO2S/c46-38(28-16-4-1-5-17-28)41-43(29-18-6-2-7-19-29)40(37-31-22-10-12-24-33(31)39(47)34-25-13-11-23-32(34)37)44(43,30-20-8-3-9-21-30)42-45(41)35-26-14-15-27-36(35)48-42/h1-27,41-42H/t41-,42-,43+,44+/m0/s1. The predicted octanol–water partition coefficient (Wildman–Crippen LogP) is 9.13. The molecule has 0 spiro atoms. The average Bonchev–Trinajstić information content (AvgIpc) is 3.44. The van der Waals surface area contributed by atoms with Crippen molar-refractivity contribution in [1.29, 1.82) is 0 Å². The Morgan fingerprint density at radius 2 is 1.02 bits per heavy atom. The molecule has 2 aliphatic carbocycles. The van der Waals surface area contributed by atoms with Gasteiger partial charge in [0.25, 0.3) is 0 Å². The van der Waals surface area contributed by atoms with Gasteiger partial charge in [-0.3, -0.25) is 9.59 Å². The summed E-state index contributed by atoms with van der Waals surface area (Å²) >= 11 is 1.86. The number of carbonyl (C=O) groups is 2. The highest BCUT2D eigenvalue weighted by Crippen LogP contribution is 2.84. The summed E-state index contributed by atoms with van der Waals surface area (Å²) in [5.41, 5.74) is 8.37. The van der Waals surface area contributed by atoms with E-state index >= 15 is 4.79 Å². The zero-order valence-corrected chi connectivity index (χ0v) is 26.7. The van der Waals surface area contributed by atoms with Crippen molar-refractivity contribution in [2.45, 2.75) is 27.1 Å². The van der Waals surface area contributed by atoms with E-state index in [1.165, 1.54) is 16.0 Å². The first-order valence-electron chi connectivity index (χ1n) is 16.4. The SMILES string of the molecule is O=C1c2ccccc2C(=C2[C@]3(c4ccccc4)[C@@H]4Sc5ccccc5N4[C@@H](C(=O)c4ccccc4)[C@@]23c2ccccc2)c2ccccc21. The van der Waals surface area contributed by atoms with E-state index in [0.29, 0.717) is 16.7 Å². The van der Waals surface area contributed by atoms with E-state index in [0.717, 1.165) is 28.0 Å². The van der Waals surface area contributed by atoms with Gasteiger partial charge in [0.2, 0.25) is 0 Å². The van der Waals surface area contributed by atoms with E-state index in [9.17, 15) is 4.79 Å². The third kappa shape index (κ3) is 3.30. The number of ketones is 2. The molecule has 6 aromatic rings. The summed E-state index contributed by atoms with van der Waals surface area (Å²) in [5.74, 6) is 0.142. The van der Waals surface area contributed by atoms with Crippen molar-refractivity contribution in [2.24, 2.45) is 0 Å². The van der Waals surface area contributed by atoms with Crippen LogP contribution in [0.2, 0.25) is 0 Å². The van der Waals surface area contributed by atoms with Crippen LogP contribution >= 0.6 is 11.8 Å². The van der Waals surface area contributed by atoms with Gasteiger partial charge in [-0.25, -0.2) is 0 Å². The molecule has 0 bridgehead atoms. The molecule has 228 valence electrons. The zero-order chi connectivity index (χ0) is 32.0. The summed E-state index contributed by atoms with van der Waals surface area (Å²) in [7, 11) is 0. The topological polar surface area (TPSA) is 37.4 Å². The van der Waals surface area contributed by atoms with Crippen LogP contribution in [0.15, 0.2) is 174 Å². The molecule has 3 nitrogen and oxygen atoms in total. The number of hydrogen-bond donors (Lipinski definition) is 0. The van der Waals surface area contributed by atoms with E-state index in [1.54, 1.807) is 0 Å². The molecule has 0 N–H and O–H groups in total. The first kappa shape index (κ1) is 27.6. The van der Waals surface area contributed by atoms with Gasteiger partial charge >= 0.3 is 0 Å². The molecule has 2 aliphatic heterocycles. The highest BCUT2D eigenvalue weighted by atomic mass is 32.2. The van der Waals surface area contributed by atoms with Crippen LogP contribution in [0.3, 0.4) is 0 Å². The molecule has 1 saturated carbocycles. The molecule has 4 heteroatoms. The molecule has 0 radical (unpaired) electrons. The molecule has 0 aromatic heterocycles. The monoisotopic (exact) mass is 635 g/mol. The molecule has 10 rings (SSSR count). The lowest BCUT2D eigenvalue weighted by Crippen LogP contribution is -2.47. The fraction of sp³-hybridized carbons (Fsp3) is 0.0909. The summed E-state index contributed by atoms with van der Waals surface area (Å²) in [6, 6.07) is 55.3. The van der Waals surface area contributed by atoms with Gasteiger partial charge in [-0.2, -0.15) is 0 Å².